The summed E-state index contributed by atoms with van der Waals surface area (Å²) in [6.07, 6.45) is 2.73. The van der Waals surface area contributed by atoms with Crippen molar-refractivity contribution in [2.24, 2.45) is 5.92 Å². The van der Waals surface area contributed by atoms with Gasteiger partial charge in [-0.25, -0.2) is 0 Å². The Bertz CT molecular complexity index is 551. The third-order valence-corrected chi connectivity index (χ3v) is 3.31. The fourth-order valence-corrected chi connectivity index (χ4v) is 2.33. The quantitative estimate of drug-likeness (QED) is 0.470. The highest BCUT2D eigenvalue weighted by molar-refractivity contribution is 5.62. The molecule has 6 nitrogen and oxygen atoms in total. The Morgan fingerprint density at radius 3 is 2.95 bits per heavy atom. The Morgan fingerprint density at radius 1 is 1.53 bits per heavy atom. The Morgan fingerprint density at radius 2 is 2.32 bits per heavy atom. The van der Waals surface area contributed by atoms with Crippen LogP contribution >= 0.6 is 0 Å². The molecule has 1 aliphatic rings. The maximum atomic E-state index is 10.8. The van der Waals surface area contributed by atoms with Gasteiger partial charge in [-0.15, -0.1) is 0 Å². The summed E-state index contributed by atoms with van der Waals surface area (Å²) >= 11 is 0. The molecule has 0 radical (unpaired) electrons. The van der Waals surface area contributed by atoms with E-state index in [1.165, 1.54) is 12.1 Å². The Balaban J connectivity index is 2.28. The third kappa shape index (κ3) is 2.71. The Hall–Kier alpha value is -2.42. The van der Waals surface area contributed by atoms with Crippen molar-refractivity contribution in [2.75, 3.05) is 18.0 Å². The maximum absolute atomic E-state index is 10.8. The van der Waals surface area contributed by atoms with E-state index in [1.54, 1.807) is 6.07 Å². The molecule has 0 bridgehead atoms. The monoisotopic (exact) mass is 259 g/mol. The lowest BCUT2D eigenvalue weighted by Gasteiger charge is -2.32. The number of nitro benzene ring substituents is 1. The lowest BCUT2D eigenvalue weighted by Crippen LogP contribution is -2.35. The first-order valence-electron chi connectivity index (χ1n) is 6.04. The third-order valence-electron chi connectivity index (χ3n) is 3.31. The van der Waals surface area contributed by atoms with Crippen LogP contribution in [0.25, 0.3) is 0 Å². The molecule has 1 heterocycles. The highest BCUT2D eigenvalue weighted by atomic mass is 16.6. The van der Waals surface area contributed by atoms with Crippen molar-refractivity contribution >= 4 is 17.7 Å². The lowest BCUT2D eigenvalue weighted by molar-refractivity contribution is -0.385. The first kappa shape index (κ1) is 13.0. The summed E-state index contributed by atoms with van der Waals surface area (Å²) in [6, 6.07) is 6.34. The number of benzene rings is 1. The topological polar surface area (TPSA) is 87.2 Å². The van der Waals surface area contributed by atoms with Gasteiger partial charge in [0.1, 0.15) is 17.9 Å². The summed E-state index contributed by atoms with van der Waals surface area (Å²) in [5, 5.41) is 19.7. The van der Waals surface area contributed by atoms with Crippen molar-refractivity contribution in [3.8, 4) is 6.07 Å². The number of aldehydes is 1. The molecule has 1 fully saturated rings. The zero-order valence-corrected chi connectivity index (χ0v) is 10.3. The predicted molar refractivity (Wildman–Crippen MR) is 68.8 cm³/mol. The molecular formula is C13H13N3O3. The number of carbonyl (C=O) groups is 1. The molecule has 0 saturated carbocycles. The molecule has 0 N–H and O–H groups in total. The number of rotatable bonds is 3. The normalized spacial score (nSPS) is 18.7. The molecule has 1 unspecified atom stereocenters. The minimum atomic E-state index is -0.563. The van der Waals surface area contributed by atoms with Gasteiger partial charge in [-0.1, -0.05) is 0 Å². The van der Waals surface area contributed by atoms with Gasteiger partial charge < -0.3 is 9.69 Å². The molecule has 1 aromatic rings. The van der Waals surface area contributed by atoms with E-state index < -0.39 is 4.92 Å². The van der Waals surface area contributed by atoms with Crippen LogP contribution in [-0.2, 0) is 4.79 Å². The average molecular weight is 259 g/mol. The van der Waals surface area contributed by atoms with E-state index in [1.807, 2.05) is 11.0 Å². The van der Waals surface area contributed by atoms with Crippen LogP contribution in [0.3, 0.4) is 0 Å². The molecule has 1 aliphatic heterocycles. The van der Waals surface area contributed by atoms with Gasteiger partial charge >= 0.3 is 0 Å². The summed E-state index contributed by atoms with van der Waals surface area (Å²) in [7, 11) is 0. The molecule has 0 spiro atoms. The summed E-state index contributed by atoms with van der Waals surface area (Å²) in [4.78, 5) is 23.0. The first-order valence-corrected chi connectivity index (χ1v) is 6.04. The van der Waals surface area contributed by atoms with E-state index >= 15 is 0 Å². The van der Waals surface area contributed by atoms with Gasteiger partial charge in [-0.05, 0) is 25.0 Å². The molecule has 19 heavy (non-hydrogen) atoms. The first-order chi connectivity index (χ1) is 9.15. The van der Waals surface area contributed by atoms with Crippen molar-refractivity contribution in [2.45, 2.75) is 12.8 Å². The smallest absolute Gasteiger partial charge is 0.287 e. The van der Waals surface area contributed by atoms with E-state index in [2.05, 4.69) is 0 Å². The largest absolute Gasteiger partial charge is 0.371 e. The zero-order valence-electron chi connectivity index (χ0n) is 10.3. The molecule has 0 aromatic heterocycles. The number of nitriles is 1. The van der Waals surface area contributed by atoms with Crippen LogP contribution < -0.4 is 4.90 Å². The summed E-state index contributed by atoms with van der Waals surface area (Å²) < 4.78 is 0. The van der Waals surface area contributed by atoms with Crippen molar-refractivity contribution in [1.29, 1.82) is 5.26 Å². The molecule has 1 aromatic carbocycles. The van der Waals surface area contributed by atoms with Gasteiger partial charge in [-0.2, -0.15) is 5.26 Å². The minimum Gasteiger partial charge on any atom is -0.371 e. The minimum absolute atomic E-state index is 0.00511. The van der Waals surface area contributed by atoms with Gasteiger partial charge in [0.05, 0.1) is 4.92 Å². The van der Waals surface area contributed by atoms with Crippen molar-refractivity contribution in [3.05, 3.63) is 33.9 Å². The van der Waals surface area contributed by atoms with E-state index in [0.29, 0.717) is 6.54 Å². The Labute approximate surface area is 110 Å². The number of anilines is 1. The average Bonchev–Trinajstić information content (AvgIpc) is 2.46. The second-order valence-corrected chi connectivity index (χ2v) is 4.55. The van der Waals surface area contributed by atoms with Crippen LogP contribution in [0.15, 0.2) is 18.2 Å². The van der Waals surface area contributed by atoms with Crippen LogP contribution in [0.2, 0.25) is 0 Å². The van der Waals surface area contributed by atoms with Crippen LogP contribution in [0.5, 0.6) is 0 Å². The van der Waals surface area contributed by atoms with Crippen LogP contribution in [-0.4, -0.2) is 24.3 Å². The second-order valence-electron chi connectivity index (χ2n) is 4.55. The number of hydrogen-bond donors (Lipinski definition) is 0. The van der Waals surface area contributed by atoms with Gasteiger partial charge in [0.2, 0.25) is 0 Å². The molecule has 1 atom stereocenters. The number of piperidine rings is 1. The zero-order chi connectivity index (χ0) is 13.8. The predicted octanol–water partition coefficient (Wildman–Crippen LogP) is 1.88. The molecule has 6 heteroatoms. The highest BCUT2D eigenvalue weighted by Crippen LogP contribution is 2.27. The molecule has 0 amide bonds. The van der Waals surface area contributed by atoms with E-state index in [-0.39, 0.29) is 17.2 Å². The van der Waals surface area contributed by atoms with Gasteiger partial charge in [0, 0.05) is 30.8 Å². The molecule has 0 aliphatic carbocycles. The fraction of sp³-hybridized carbons (Fsp3) is 0.385. The number of nitro groups is 1. The lowest BCUT2D eigenvalue weighted by atomic mass is 9.99. The molecule has 1 saturated heterocycles. The van der Waals surface area contributed by atoms with Crippen molar-refractivity contribution < 1.29 is 9.72 Å². The number of hydrogen-bond acceptors (Lipinski definition) is 5. The fourth-order valence-electron chi connectivity index (χ4n) is 2.33. The van der Waals surface area contributed by atoms with Gasteiger partial charge in [-0.3, -0.25) is 10.1 Å². The summed E-state index contributed by atoms with van der Waals surface area (Å²) in [5.41, 5.74) is 0.625. The Kier molecular flexibility index (Phi) is 3.76. The van der Waals surface area contributed by atoms with E-state index in [0.717, 1.165) is 31.4 Å². The van der Waals surface area contributed by atoms with Crippen LogP contribution in [0.4, 0.5) is 11.4 Å². The molecule has 98 valence electrons. The van der Waals surface area contributed by atoms with Crippen LogP contribution in [0.1, 0.15) is 18.4 Å². The van der Waals surface area contributed by atoms with Crippen LogP contribution in [0, 0.1) is 27.4 Å². The van der Waals surface area contributed by atoms with E-state index in [4.69, 9.17) is 5.26 Å². The van der Waals surface area contributed by atoms with E-state index in [9.17, 15) is 14.9 Å². The van der Waals surface area contributed by atoms with Crippen molar-refractivity contribution in [1.82, 2.24) is 0 Å². The summed E-state index contributed by atoms with van der Waals surface area (Å²) in [6.45, 7) is 1.40. The second kappa shape index (κ2) is 5.48. The molecular weight excluding hydrogens is 246 g/mol. The number of carbonyl (C=O) groups excluding carboxylic acids is 1. The maximum Gasteiger partial charge on any atom is 0.287 e. The number of nitrogens with zero attached hydrogens (tertiary/aromatic N) is 3. The van der Waals surface area contributed by atoms with Crippen molar-refractivity contribution in [3.63, 3.8) is 0 Å². The summed E-state index contributed by atoms with van der Waals surface area (Å²) in [5.74, 6) is -0.00511. The SMILES string of the molecule is N#Cc1cc(N2CCCC(C=O)C2)ccc1[N+](=O)[O-]. The van der Waals surface area contributed by atoms with Gasteiger partial charge in [0.25, 0.3) is 5.69 Å². The van der Waals surface area contributed by atoms with Gasteiger partial charge in [0.15, 0.2) is 0 Å². The standard InChI is InChI=1S/C13H13N3O3/c14-7-11-6-12(3-4-13(11)16(18)19)15-5-1-2-10(8-15)9-17/h3-4,6,9-10H,1-2,5,8H2. The highest BCUT2D eigenvalue weighted by Gasteiger charge is 2.21. The molecule has 2 rings (SSSR count).